The van der Waals surface area contributed by atoms with Crippen molar-refractivity contribution in [2.45, 2.75) is 25.7 Å². The summed E-state index contributed by atoms with van der Waals surface area (Å²) < 4.78 is 7.29. The standard InChI is InChI=1S/C18H25N3O2/c1-20-18(22)14-17(19-20)15-6-8-16(9-7-15)23-13-5-12-21-10-3-2-4-11-21/h6-9,14,19H,2-5,10-13H2,1H3. The summed E-state index contributed by atoms with van der Waals surface area (Å²) in [6, 6.07) is 9.48. The molecule has 5 nitrogen and oxygen atoms in total. The highest BCUT2D eigenvalue weighted by Crippen LogP contribution is 2.20. The minimum Gasteiger partial charge on any atom is -0.494 e. The van der Waals surface area contributed by atoms with Crippen molar-refractivity contribution in [3.8, 4) is 17.0 Å². The maximum absolute atomic E-state index is 11.5. The summed E-state index contributed by atoms with van der Waals surface area (Å²) in [6.07, 6.45) is 5.12. The van der Waals surface area contributed by atoms with Crippen LogP contribution in [0, 0.1) is 0 Å². The summed E-state index contributed by atoms with van der Waals surface area (Å²) in [6.45, 7) is 4.36. The Bertz CT molecular complexity index is 666. The first-order valence-electron chi connectivity index (χ1n) is 8.44. The molecule has 1 N–H and O–H groups in total. The highest BCUT2D eigenvalue weighted by molar-refractivity contribution is 5.59. The molecule has 0 atom stereocenters. The van der Waals surface area contributed by atoms with Crippen LogP contribution in [0.5, 0.6) is 5.75 Å². The number of aryl methyl sites for hydroxylation is 1. The molecule has 1 aromatic heterocycles. The molecule has 3 rings (SSSR count). The van der Waals surface area contributed by atoms with Gasteiger partial charge in [-0.1, -0.05) is 6.42 Å². The van der Waals surface area contributed by atoms with E-state index in [0.29, 0.717) is 0 Å². The number of nitrogens with one attached hydrogen (secondary N) is 1. The van der Waals surface area contributed by atoms with Gasteiger partial charge in [-0.2, -0.15) is 0 Å². The van der Waals surface area contributed by atoms with E-state index in [1.165, 1.54) is 37.0 Å². The monoisotopic (exact) mass is 315 g/mol. The van der Waals surface area contributed by atoms with E-state index in [1.807, 2.05) is 24.3 Å². The van der Waals surface area contributed by atoms with E-state index in [9.17, 15) is 4.79 Å². The zero-order valence-corrected chi connectivity index (χ0v) is 13.8. The molecule has 0 amide bonds. The van der Waals surface area contributed by atoms with Crippen LogP contribution >= 0.6 is 0 Å². The molecule has 5 heteroatoms. The number of likely N-dealkylation sites (tertiary alicyclic amines) is 1. The first kappa shape index (κ1) is 15.9. The first-order chi connectivity index (χ1) is 11.2. The number of nitrogens with zero attached hydrogens (tertiary/aromatic N) is 2. The summed E-state index contributed by atoms with van der Waals surface area (Å²) in [7, 11) is 1.71. The fourth-order valence-electron chi connectivity index (χ4n) is 3.03. The summed E-state index contributed by atoms with van der Waals surface area (Å²) >= 11 is 0. The van der Waals surface area contributed by atoms with Gasteiger partial charge in [0.15, 0.2) is 0 Å². The van der Waals surface area contributed by atoms with Gasteiger partial charge in [0.2, 0.25) is 0 Å². The van der Waals surface area contributed by atoms with Gasteiger partial charge in [-0.3, -0.25) is 14.6 Å². The van der Waals surface area contributed by atoms with Crippen LogP contribution in [0.15, 0.2) is 35.1 Å². The second kappa shape index (κ2) is 7.51. The van der Waals surface area contributed by atoms with Gasteiger partial charge in [-0.25, -0.2) is 0 Å². The molecule has 1 saturated heterocycles. The topological polar surface area (TPSA) is 50.3 Å². The predicted octanol–water partition coefficient (Wildman–Crippen LogP) is 2.64. The molecule has 2 aromatic rings. The number of ether oxygens (including phenoxy) is 1. The van der Waals surface area contributed by atoms with Gasteiger partial charge < -0.3 is 9.64 Å². The van der Waals surface area contributed by atoms with Crippen LogP contribution in [0.2, 0.25) is 0 Å². The minimum absolute atomic E-state index is 0.0296. The average Bonchev–Trinajstić information content (AvgIpc) is 2.92. The maximum Gasteiger partial charge on any atom is 0.266 e. The number of benzene rings is 1. The van der Waals surface area contributed by atoms with E-state index in [-0.39, 0.29) is 5.56 Å². The van der Waals surface area contributed by atoms with E-state index in [0.717, 1.165) is 36.6 Å². The number of hydrogen-bond acceptors (Lipinski definition) is 3. The zero-order valence-electron chi connectivity index (χ0n) is 13.8. The average molecular weight is 315 g/mol. The molecule has 0 unspecified atom stereocenters. The molecule has 1 fully saturated rings. The third-order valence-corrected chi connectivity index (χ3v) is 4.39. The Balaban J connectivity index is 1.46. The Labute approximate surface area is 136 Å². The van der Waals surface area contributed by atoms with Gasteiger partial charge in [0.25, 0.3) is 5.56 Å². The zero-order chi connectivity index (χ0) is 16.1. The van der Waals surface area contributed by atoms with Crippen LogP contribution in [0.25, 0.3) is 11.3 Å². The van der Waals surface area contributed by atoms with Crippen LogP contribution in [0.1, 0.15) is 25.7 Å². The van der Waals surface area contributed by atoms with E-state index in [2.05, 4.69) is 10.00 Å². The number of piperidine rings is 1. The lowest BCUT2D eigenvalue weighted by atomic mass is 10.1. The summed E-state index contributed by atoms with van der Waals surface area (Å²) in [5.41, 5.74) is 1.79. The number of aromatic amines is 1. The lowest BCUT2D eigenvalue weighted by molar-refractivity contribution is 0.205. The number of rotatable bonds is 6. The fraction of sp³-hybridized carbons (Fsp3) is 0.500. The summed E-state index contributed by atoms with van der Waals surface area (Å²) in [5.74, 6) is 0.880. The molecular weight excluding hydrogens is 290 g/mol. The molecule has 1 aliphatic rings. The molecule has 124 valence electrons. The Morgan fingerprint density at radius 2 is 1.87 bits per heavy atom. The van der Waals surface area contributed by atoms with Crippen molar-refractivity contribution in [1.82, 2.24) is 14.7 Å². The van der Waals surface area contributed by atoms with Gasteiger partial charge in [-0.05, 0) is 62.2 Å². The number of H-pyrrole nitrogens is 1. The predicted molar refractivity (Wildman–Crippen MR) is 91.9 cm³/mol. The van der Waals surface area contributed by atoms with Crippen LogP contribution < -0.4 is 10.3 Å². The third-order valence-electron chi connectivity index (χ3n) is 4.39. The minimum atomic E-state index is -0.0296. The van der Waals surface area contributed by atoms with Gasteiger partial charge in [0.1, 0.15) is 5.75 Å². The summed E-state index contributed by atoms with van der Waals surface area (Å²) in [4.78, 5) is 14.0. The van der Waals surface area contributed by atoms with E-state index >= 15 is 0 Å². The van der Waals surface area contributed by atoms with E-state index < -0.39 is 0 Å². The van der Waals surface area contributed by atoms with Crippen molar-refractivity contribution in [3.63, 3.8) is 0 Å². The Hall–Kier alpha value is -2.01. The normalized spacial score (nSPS) is 15.7. The van der Waals surface area contributed by atoms with Crippen LogP contribution in [-0.2, 0) is 7.05 Å². The molecule has 0 aliphatic carbocycles. The van der Waals surface area contributed by atoms with Crippen LogP contribution in [0.3, 0.4) is 0 Å². The second-order valence-corrected chi connectivity index (χ2v) is 6.20. The van der Waals surface area contributed by atoms with Crippen LogP contribution in [-0.4, -0.2) is 40.9 Å². The Kier molecular flexibility index (Phi) is 5.18. The lowest BCUT2D eigenvalue weighted by Gasteiger charge is -2.26. The van der Waals surface area contributed by atoms with Crippen molar-refractivity contribution in [3.05, 3.63) is 40.7 Å². The first-order valence-corrected chi connectivity index (χ1v) is 8.44. The molecule has 0 bridgehead atoms. The number of aromatic nitrogens is 2. The SMILES string of the molecule is Cn1[nH]c(-c2ccc(OCCCN3CCCCC3)cc2)cc1=O. The number of hydrogen-bond donors (Lipinski definition) is 1. The van der Waals surface area contributed by atoms with Crippen molar-refractivity contribution in [2.75, 3.05) is 26.2 Å². The fourth-order valence-corrected chi connectivity index (χ4v) is 3.03. The quantitative estimate of drug-likeness (QED) is 0.834. The van der Waals surface area contributed by atoms with Crippen molar-refractivity contribution in [2.24, 2.45) is 7.05 Å². The highest BCUT2D eigenvalue weighted by Gasteiger charge is 2.09. The third kappa shape index (κ3) is 4.26. The second-order valence-electron chi connectivity index (χ2n) is 6.20. The lowest BCUT2D eigenvalue weighted by Crippen LogP contribution is -2.31. The molecule has 0 spiro atoms. The molecule has 0 saturated carbocycles. The molecule has 0 radical (unpaired) electrons. The molecule has 1 aliphatic heterocycles. The van der Waals surface area contributed by atoms with Gasteiger partial charge >= 0.3 is 0 Å². The summed E-state index contributed by atoms with van der Waals surface area (Å²) in [5, 5.41) is 3.03. The smallest absolute Gasteiger partial charge is 0.266 e. The largest absolute Gasteiger partial charge is 0.494 e. The Morgan fingerprint density at radius 3 is 2.52 bits per heavy atom. The molecule has 2 heterocycles. The van der Waals surface area contributed by atoms with Crippen molar-refractivity contribution < 1.29 is 4.74 Å². The van der Waals surface area contributed by atoms with Crippen LogP contribution in [0.4, 0.5) is 0 Å². The molecular formula is C18H25N3O2. The maximum atomic E-state index is 11.5. The Morgan fingerprint density at radius 1 is 1.13 bits per heavy atom. The van der Waals surface area contributed by atoms with E-state index in [4.69, 9.17) is 4.74 Å². The van der Waals surface area contributed by atoms with E-state index in [1.54, 1.807) is 13.1 Å². The van der Waals surface area contributed by atoms with Crippen molar-refractivity contribution >= 4 is 0 Å². The highest BCUT2D eigenvalue weighted by atomic mass is 16.5. The molecule has 23 heavy (non-hydrogen) atoms. The van der Waals surface area contributed by atoms with Crippen molar-refractivity contribution in [1.29, 1.82) is 0 Å². The van der Waals surface area contributed by atoms with Gasteiger partial charge in [-0.15, -0.1) is 0 Å². The van der Waals surface area contributed by atoms with Gasteiger partial charge in [0.05, 0.1) is 12.3 Å². The van der Waals surface area contributed by atoms with Gasteiger partial charge in [0, 0.05) is 19.7 Å². The molecule has 1 aromatic carbocycles.